The number of rotatable bonds is 5. The Morgan fingerprint density at radius 1 is 1.32 bits per heavy atom. The summed E-state index contributed by atoms with van der Waals surface area (Å²) in [5.74, 6) is -0.304. The third-order valence-electron chi connectivity index (χ3n) is 4.33. The van der Waals surface area contributed by atoms with Gasteiger partial charge in [0.05, 0.1) is 6.10 Å². The molecule has 1 saturated heterocycles. The fraction of sp³-hybridized carbons (Fsp3) is 0.556. The SMILES string of the molecule is CC(C)C(=O)N1CCC(NC(=O)NCC(O)c2cccc(F)c2)CC1. The Morgan fingerprint density at radius 2 is 2.00 bits per heavy atom. The van der Waals surface area contributed by atoms with E-state index in [-0.39, 0.29) is 30.4 Å². The van der Waals surface area contributed by atoms with Gasteiger partial charge in [0.25, 0.3) is 0 Å². The monoisotopic (exact) mass is 351 g/mol. The van der Waals surface area contributed by atoms with Crippen LogP contribution in [0.4, 0.5) is 9.18 Å². The van der Waals surface area contributed by atoms with Crippen molar-refractivity contribution in [1.82, 2.24) is 15.5 Å². The van der Waals surface area contributed by atoms with Crippen molar-refractivity contribution in [3.63, 3.8) is 0 Å². The van der Waals surface area contributed by atoms with Gasteiger partial charge in [-0.1, -0.05) is 26.0 Å². The molecule has 1 aliphatic rings. The molecule has 3 N–H and O–H groups in total. The summed E-state index contributed by atoms with van der Waals surface area (Å²) in [4.78, 5) is 25.7. The summed E-state index contributed by atoms with van der Waals surface area (Å²) in [5, 5.41) is 15.4. The first-order chi connectivity index (χ1) is 11.9. The topological polar surface area (TPSA) is 81.7 Å². The van der Waals surface area contributed by atoms with Gasteiger partial charge >= 0.3 is 6.03 Å². The highest BCUT2D eigenvalue weighted by Gasteiger charge is 2.25. The maximum Gasteiger partial charge on any atom is 0.315 e. The van der Waals surface area contributed by atoms with Crippen LogP contribution in [0.2, 0.25) is 0 Å². The molecule has 0 spiro atoms. The number of hydrogen-bond acceptors (Lipinski definition) is 3. The van der Waals surface area contributed by atoms with E-state index in [1.165, 1.54) is 18.2 Å². The van der Waals surface area contributed by atoms with Crippen molar-refractivity contribution in [2.24, 2.45) is 5.92 Å². The average Bonchev–Trinajstić information content (AvgIpc) is 2.59. The maximum absolute atomic E-state index is 13.1. The van der Waals surface area contributed by atoms with E-state index in [0.29, 0.717) is 31.5 Å². The molecule has 138 valence electrons. The second-order valence-corrected chi connectivity index (χ2v) is 6.68. The Labute approximate surface area is 147 Å². The molecule has 0 saturated carbocycles. The number of carbonyl (C=O) groups excluding carboxylic acids is 2. The van der Waals surface area contributed by atoms with Gasteiger partial charge in [-0.3, -0.25) is 4.79 Å². The lowest BCUT2D eigenvalue weighted by Crippen LogP contribution is -2.50. The lowest BCUT2D eigenvalue weighted by Gasteiger charge is -2.33. The standard InChI is InChI=1S/C18H26FN3O3/c1-12(2)17(24)22-8-6-15(7-9-22)21-18(25)20-11-16(23)13-4-3-5-14(19)10-13/h3-5,10,12,15-16,23H,6-9,11H2,1-2H3,(H2,20,21,25). The van der Waals surface area contributed by atoms with Crippen molar-refractivity contribution in [2.75, 3.05) is 19.6 Å². The lowest BCUT2D eigenvalue weighted by molar-refractivity contribution is -0.135. The molecule has 0 aromatic heterocycles. The summed E-state index contributed by atoms with van der Waals surface area (Å²) >= 11 is 0. The molecule has 2 rings (SSSR count). The van der Waals surface area contributed by atoms with E-state index in [2.05, 4.69) is 10.6 Å². The molecule has 1 heterocycles. The molecule has 1 unspecified atom stereocenters. The molecule has 0 radical (unpaired) electrons. The van der Waals surface area contributed by atoms with E-state index in [0.717, 1.165) is 0 Å². The Kier molecular flexibility index (Phi) is 6.75. The molecule has 6 nitrogen and oxygen atoms in total. The van der Waals surface area contributed by atoms with Crippen molar-refractivity contribution in [3.05, 3.63) is 35.6 Å². The molecule has 1 aromatic carbocycles. The van der Waals surface area contributed by atoms with Gasteiger partial charge in [0.15, 0.2) is 0 Å². The van der Waals surface area contributed by atoms with E-state index in [1.807, 2.05) is 18.7 Å². The third-order valence-corrected chi connectivity index (χ3v) is 4.33. The van der Waals surface area contributed by atoms with Crippen molar-refractivity contribution in [3.8, 4) is 0 Å². The highest BCUT2D eigenvalue weighted by atomic mass is 19.1. The van der Waals surface area contributed by atoms with Crippen molar-refractivity contribution in [2.45, 2.75) is 38.8 Å². The van der Waals surface area contributed by atoms with Crippen LogP contribution >= 0.6 is 0 Å². The average molecular weight is 351 g/mol. The van der Waals surface area contributed by atoms with Crippen LogP contribution in [-0.4, -0.2) is 47.6 Å². The molecule has 25 heavy (non-hydrogen) atoms. The maximum atomic E-state index is 13.1. The summed E-state index contributed by atoms with van der Waals surface area (Å²) in [5.41, 5.74) is 0.417. The van der Waals surface area contributed by atoms with Gasteiger partial charge in [-0.25, -0.2) is 9.18 Å². The molecule has 1 aromatic rings. The van der Waals surface area contributed by atoms with Crippen LogP contribution in [0.15, 0.2) is 24.3 Å². The van der Waals surface area contributed by atoms with Crippen LogP contribution in [0, 0.1) is 11.7 Å². The smallest absolute Gasteiger partial charge is 0.315 e. The number of piperidine rings is 1. The van der Waals surface area contributed by atoms with E-state index < -0.39 is 11.9 Å². The fourth-order valence-electron chi connectivity index (χ4n) is 2.87. The molecule has 1 aliphatic heterocycles. The van der Waals surface area contributed by atoms with Gasteiger partial charge in [0.2, 0.25) is 5.91 Å². The zero-order valence-electron chi connectivity index (χ0n) is 14.7. The number of hydrogen-bond donors (Lipinski definition) is 3. The Morgan fingerprint density at radius 3 is 2.60 bits per heavy atom. The minimum absolute atomic E-state index is 0.0000327. The first-order valence-corrected chi connectivity index (χ1v) is 8.63. The molecule has 0 aliphatic carbocycles. The van der Waals surface area contributed by atoms with Crippen molar-refractivity contribution >= 4 is 11.9 Å². The quantitative estimate of drug-likeness (QED) is 0.757. The van der Waals surface area contributed by atoms with Crippen LogP contribution in [0.5, 0.6) is 0 Å². The van der Waals surface area contributed by atoms with Gasteiger partial charge in [0.1, 0.15) is 5.82 Å². The first-order valence-electron chi connectivity index (χ1n) is 8.63. The van der Waals surface area contributed by atoms with Crippen molar-refractivity contribution in [1.29, 1.82) is 0 Å². The molecule has 3 amide bonds. The second kappa shape index (κ2) is 8.80. The number of nitrogens with one attached hydrogen (secondary N) is 2. The Hall–Kier alpha value is -2.15. The van der Waals surface area contributed by atoms with E-state index >= 15 is 0 Å². The van der Waals surface area contributed by atoms with Crippen molar-refractivity contribution < 1.29 is 19.1 Å². The van der Waals surface area contributed by atoms with E-state index in [4.69, 9.17) is 0 Å². The van der Waals surface area contributed by atoms with Gasteiger partial charge in [-0.2, -0.15) is 0 Å². The normalized spacial score (nSPS) is 16.6. The minimum Gasteiger partial charge on any atom is -0.387 e. The fourth-order valence-corrected chi connectivity index (χ4v) is 2.87. The van der Waals surface area contributed by atoms with Crippen LogP contribution in [-0.2, 0) is 4.79 Å². The molecule has 7 heteroatoms. The van der Waals surface area contributed by atoms with Gasteiger partial charge < -0.3 is 20.6 Å². The van der Waals surface area contributed by atoms with Gasteiger partial charge in [0, 0.05) is 31.6 Å². The predicted molar refractivity (Wildman–Crippen MR) is 92.3 cm³/mol. The summed E-state index contributed by atoms with van der Waals surface area (Å²) in [7, 11) is 0. The number of aliphatic hydroxyl groups excluding tert-OH is 1. The first kappa shape index (κ1) is 19.2. The molecular formula is C18H26FN3O3. The number of urea groups is 1. The van der Waals surface area contributed by atoms with E-state index in [9.17, 15) is 19.1 Å². The largest absolute Gasteiger partial charge is 0.387 e. The summed E-state index contributed by atoms with van der Waals surface area (Å²) in [6, 6.07) is 5.29. The Balaban J connectivity index is 1.72. The number of halogens is 1. The predicted octanol–water partition coefficient (Wildman–Crippen LogP) is 1.81. The Bertz CT molecular complexity index is 601. The molecule has 1 fully saturated rings. The van der Waals surface area contributed by atoms with Crippen LogP contribution in [0.3, 0.4) is 0 Å². The number of nitrogens with zero attached hydrogens (tertiary/aromatic N) is 1. The highest BCUT2D eigenvalue weighted by Crippen LogP contribution is 2.14. The molecule has 1 atom stereocenters. The summed E-state index contributed by atoms with van der Waals surface area (Å²) < 4.78 is 13.1. The zero-order chi connectivity index (χ0) is 18.4. The zero-order valence-corrected chi connectivity index (χ0v) is 14.7. The van der Waals surface area contributed by atoms with Crippen LogP contribution in [0.25, 0.3) is 0 Å². The third kappa shape index (κ3) is 5.70. The molecular weight excluding hydrogens is 325 g/mol. The molecule has 0 bridgehead atoms. The number of carbonyl (C=O) groups is 2. The number of aliphatic hydroxyl groups is 1. The highest BCUT2D eigenvalue weighted by molar-refractivity contribution is 5.78. The number of benzene rings is 1. The number of amides is 3. The van der Waals surface area contributed by atoms with Crippen LogP contribution < -0.4 is 10.6 Å². The summed E-state index contributed by atoms with van der Waals surface area (Å²) in [6.45, 7) is 5.02. The van der Waals surface area contributed by atoms with Gasteiger partial charge in [-0.15, -0.1) is 0 Å². The van der Waals surface area contributed by atoms with Crippen LogP contribution in [0.1, 0.15) is 38.4 Å². The second-order valence-electron chi connectivity index (χ2n) is 6.68. The lowest BCUT2D eigenvalue weighted by atomic mass is 10.0. The minimum atomic E-state index is -0.966. The summed E-state index contributed by atoms with van der Waals surface area (Å²) in [6.07, 6.45) is 0.448. The van der Waals surface area contributed by atoms with E-state index in [1.54, 1.807) is 6.07 Å². The number of likely N-dealkylation sites (tertiary alicyclic amines) is 1. The van der Waals surface area contributed by atoms with Gasteiger partial charge in [-0.05, 0) is 30.5 Å².